The first-order chi connectivity index (χ1) is 6.97. The van der Waals surface area contributed by atoms with Crippen LogP contribution in [0.4, 0.5) is 5.69 Å². The normalized spacial score (nSPS) is 11.3. The molecule has 0 spiro atoms. The molecule has 0 aromatic heterocycles. The van der Waals surface area contributed by atoms with Crippen LogP contribution >= 0.6 is 11.6 Å². The molecule has 0 atom stereocenters. The third-order valence-electron chi connectivity index (χ3n) is 1.66. The fourth-order valence-corrected chi connectivity index (χ4v) is 2.53. The maximum absolute atomic E-state index is 11.6. The third kappa shape index (κ3) is 2.95. The molecule has 0 bridgehead atoms. The van der Waals surface area contributed by atoms with Crippen molar-refractivity contribution in [3.05, 3.63) is 35.9 Å². The molecule has 0 saturated heterocycles. The van der Waals surface area contributed by atoms with Gasteiger partial charge < -0.3 is 5.73 Å². The summed E-state index contributed by atoms with van der Waals surface area (Å²) in [6.45, 7) is 3.57. The Morgan fingerprint density at radius 2 is 2.20 bits per heavy atom. The van der Waals surface area contributed by atoms with Crippen molar-refractivity contribution in [1.29, 1.82) is 0 Å². The summed E-state index contributed by atoms with van der Waals surface area (Å²) < 4.78 is 25.6. The monoisotopic (exact) mass is 246 g/mol. The molecule has 15 heavy (non-hydrogen) atoms. The number of hydrogen-bond donors (Lipinski definition) is 2. The molecule has 82 valence electrons. The zero-order valence-corrected chi connectivity index (χ0v) is 9.48. The van der Waals surface area contributed by atoms with Gasteiger partial charge in [-0.25, -0.2) is 13.1 Å². The quantitative estimate of drug-likeness (QED) is 0.623. The summed E-state index contributed by atoms with van der Waals surface area (Å²) in [5, 5.41) is 0.103. The van der Waals surface area contributed by atoms with E-state index in [1.165, 1.54) is 24.3 Å². The van der Waals surface area contributed by atoms with Crippen LogP contribution < -0.4 is 10.5 Å². The van der Waals surface area contributed by atoms with Gasteiger partial charge in [-0.1, -0.05) is 17.7 Å². The molecule has 3 N–H and O–H groups in total. The van der Waals surface area contributed by atoms with E-state index in [2.05, 4.69) is 11.3 Å². The largest absolute Gasteiger partial charge is 0.399 e. The first kappa shape index (κ1) is 12.0. The summed E-state index contributed by atoms with van der Waals surface area (Å²) in [4.78, 5) is 0.0141. The Hall–Kier alpha value is -1.04. The molecule has 1 aromatic carbocycles. The van der Waals surface area contributed by atoms with Gasteiger partial charge in [0.05, 0.1) is 5.02 Å². The average Bonchev–Trinajstić information content (AvgIpc) is 2.14. The van der Waals surface area contributed by atoms with Crippen LogP contribution in [0.15, 0.2) is 35.7 Å². The molecular weight excluding hydrogens is 236 g/mol. The molecular formula is C9H11ClN2O2S. The maximum atomic E-state index is 11.6. The molecule has 4 nitrogen and oxygen atoms in total. The highest BCUT2D eigenvalue weighted by Crippen LogP contribution is 2.23. The number of anilines is 1. The van der Waals surface area contributed by atoms with Crippen LogP contribution in [0.25, 0.3) is 0 Å². The number of halogens is 1. The van der Waals surface area contributed by atoms with Gasteiger partial charge in [-0.3, -0.25) is 0 Å². The Labute approximate surface area is 93.8 Å². The highest BCUT2D eigenvalue weighted by Gasteiger charge is 2.16. The second kappa shape index (κ2) is 4.65. The summed E-state index contributed by atoms with van der Waals surface area (Å²) in [6, 6.07) is 4.24. The van der Waals surface area contributed by atoms with E-state index in [-0.39, 0.29) is 16.5 Å². The van der Waals surface area contributed by atoms with Crippen molar-refractivity contribution in [2.45, 2.75) is 4.90 Å². The zero-order chi connectivity index (χ0) is 11.5. The van der Waals surface area contributed by atoms with E-state index < -0.39 is 10.0 Å². The molecule has 0 fully saturated rings. The van der Waals surface area contributed by atoms with E-state index in [9.17, 15) is 8.42 Å². The van der Waals surface area contributed by atoms with E-state index >= 15 is 0 Å². The van der Waals surface area contributed by atoms with Crippen LogP contribution in [0.1, 0.15) is 0 Å². The number of nitrogens with one attached hydrogen (secondary N) is 1. The Kier molecular flexibility index (Phi) is 3.73. The van der Waals surface area contributed by atoms with Crippen molar-refractivity contribution in [3.8, 4) is 0 Å². The van der Waals surface area contributed by atoms with E-state index in [1.54, 1.807) is 0 Å². The number of nitrogen functional groups attached to an aromatic ring is 1. The highest BCUT2D eigenvalue weighted by molar-refractivity contribution is 7.89. The molecule has 0 amide bonds. The van der Waals surface area contributed by atoms with Gasteiger partial charge in [0, 0.05) is 12.2 Å². The first-order valence-electron chi connectivity index (χ1n) is 4.13. The van der Waals surface area contributed by atoms with Crippen LogP contribution in [0.2, 0.25) is 5.02 Å². The van der Waals surface area contributed by atoms with Crippen LogP contribution in [0.3, 0.4) is 0 Å². The van der Waals surface area contributed by atoms with E-state index in [1.807, 2.05) is 0 Å². The van der Waals surface area contributed by atoms with Crippen molar-refractivity contribution in [1.82, 2.24) is 4.72 Å². The van der Waals surface area contributed by atoms with Gasteiger partial charge in [-0.2, -0.15) is 0 Å². The predicted octanol–water partition coefficient (Wildman–Crippen LogP) is 1.39. The highest BCUT2D eigenvalue weighted by atomic mass is 35.5. The van der Waals surface area contributed by atoms with Crippen molar-refractivity contribution < 1.29 is 8.42 Å². The Morgan fingerprint density at radius 3 is 2.73 bits per heavy atom. The standard InChI is InChI=1S/C9H11ClN2O2S/c1-2-5-12-15(13,14)9-4-3-7(11)6-8(9)10/h2-4,6,12H,1,5,11H2. The third-order valence-corrected chi connectivity index (χ3v) is 3.57. The molecule has 0 unspecified atom stereocenters. The lowest BCUT2D eigenvalue weighted by molar-refractivity contribution is 0.585. The lowest BCUT2D eigenvalue weighted by Crippen LogP contribution is -2.23. The summed E-state index contributed by atoms with van der Waals surface area (Å²) in [5.74, 6) is 0. The van der Waals surface area contributed by atoms with Crippen molar-refractivity contribution in [3.63, 3.8) is 0 Å². The maximum Gasteiger partial charge on any atom is 0.242 e. The number of sulfonamides is 1. The summed E-state index contributed by atoms with van der Waals surface area (Å²) in [7, 11) is -3.58. The van der Waals surface area contributed by atoms with Crippen LogP contribution in [-0.2, 0) is 10.0 Å². The van der Waals surface area contributed by atoms with Crippen LogP contribution in [0.5, 0.6) is 0 Å². The first-order valence-corrected chi connectivity index (χ1v) is 5.99. The zero-order valence-electron chi connectivity index (χ0n) is 7.90. The summed E-state index contributed by atoms with van der Waals surface area (Å²) in [6.07, 6.45) is 1.45. The Balaban J connectivity index is 3.10. The molecule has 1 aromatic rings. The molecule has 0 aliphatic rings. The van der Waals surface area contributed by atoms with Gasteiger partial charge in [0.1, 0.15) is 4.90 Å². The van der Waals surface area contributed by atoms with Crippen LogP contribution in [0, 0.1) is 0 Å². The molecule has 0 radical (unpaired) electrons. The van der Waals surface area contributed by atoms with Gasteiger partial charge in [-0.05, 0) is 18.2 Å². The topological polar surface area (TPSA) is 72.2 Å². The van der Waals surface area contributed by atoms with E-state index in [0.29, 0.717) is 5.69 Å². The second-order valence-electron chi connectivity index (χ2n) is 2.83. The van der Waals surface area contributed by atoms with Crippen molar-refractivity contribution >= 4 is 27.3 Å². The minimum Gasteiger partial charge on any atom is -0.399 e. The number of benzene rings is 1. The van der Waals surface area contributed by atoms with Gasteiger partial charge in [0.15, 0.2) is 0 Å². The molecule has 0 aliphatic heterocycles. The lowest BCUT2D eigenvalue weighted by atomic mass is 10.3. The Bertz CT molecular complexity index is 471. The van der Waals surface area contributed by atoms with E-state index in [0.717, 1.165) is 0 Å². The van der Waals surface area contributed by atoms with Gasteiger partial charge >= 0.3 is 0 Å². The van der Waals surface area contributed by atoms with E-state index in [4.69, 9.17) is 17.3 Å². The van der Waals surface area contributed by atoms with Crippen LogP contribution in [-0.4, -0.2) is 15.0 Å². The molecule has 6 heteroatoms. The molecule has 0 saturated carbocycles. The molecule has 1 rings (SSSR count). The van der Waals surface area contributed by atoms with Crippen molar-refractivity contribution in [2.75, 3.05) is 12.3 Å². The minimum atomic E-state index is -3.58. The van der Waals surface area contributed by atoms with Crippen molar-refractivity contribution in [2.24, 2.45) is 0 Å². The molecule has 0 aliphatic carbocycles. The summed E-state index contributed by atoms with van der Waals surface area (Å²) >= 11 is 5.77. The lowest BCUT2D eigenvalue weighted by Gasteiger charge is -2.06. The molecule has 0 heterocycles. The average molecular weight is 247 g/mol. The van der Waals surface area contributed by atoms with Gasteiger partial charge in [0.2, 0.25) is 10.0 Å². The second-order valence-corrected chi connectivity index (χ2v) is 4.97. The number of rotatable bonds is 4. The SMILES string of the molecule is C=CCNS(=O)(=O)c1ccc(N)cc1Cl. The number of nitrogens with two attached hydrogens (primary N) is 1. The number of hydrogen-bond acceptors (Lipinski definition) is 3. The van der Waals surface area contributed by atoms with Gasteiger partial charge in [-0.15, -0.1) is 6.58 Å². The Morgan fingerprint density at radius 1 is 1.53 bits per heavy atom. The predicted molar refractivity (Wildman–Crippen MR) is 61.2 cm³/mol. The van der Waals surface area contributed by atoms with Gasteiger partial charge in [0.25, 0.3) is 0 Å². The fourth-order valence-electron chi connectivity index (χ4n) is 0.981. The summed E-state index contributed by atoms with van der Waals surface area (Å²) in [5.41, 5.74) is 5.87. The smallest absolute Gasteiger partial charge is 0.242 e. The fraction of sp³-hybridized carbons (Fsp3) is 0.111. The minimum absolute atomic E-state index is 0.0141.